The molecule has 252 valence electrons. The Bertz CT molecular complexity index is 1340. The molecule has 1 atom stereocenters. The number of benzene rings is 1. The van der Waals surface area contributed by atoms with Crippen LogP contribution in [0.5, 0.6) is 0 Å². The molecule has 13 heteroatoms. The topological polar surface area (TPSA) is 131 Å². The molecule has 3 aliphatic heterocycles. The molecule has 0 spiro atoms. The lowest BCUT2D eigenvalue weighted by atomic mass is 9.85. The molecule has 1 aromatic carbocycles. The van der Waals surface area contributed by atoms with Crippen molar-refractivity contribution in [2.24, 2.45) is 5.92 Å². The zero-order valence-electron chi connectivity index (χ0n) is 26.5. The van der Waals surface area contributed by atoms with Crippen LogP contribution in [0.4, 0.5) is 30.0 Å². The van der Waals surface area contributed by atoms with Crippen LogP contribution in [0.15, 0.2) is 30.6 Å². The third-order valence-corrected chi connectivity index (χ3v) is 9.56. The molecule has 0 unspecified atom stereocenters. The van der Waals surface area contributed by atoms with Gasteiger partial charge in [-0.15, -0.1) is 0 Å². The van der Waals surface area contributed by atoms with Crippen LogP contribution in [0.3, 0.4) is 0 Å². The first-order valence-corrected chi connectivity index (χ1v) is 16.5. The molecule has 2 fully saturated rings. The molecule has 0 bridgehead atoms. The molecular formula is C33H46F2N6O5. The van der Waals surface area contributed by atoms with Crippen molar-refractivity contribution >= 4 is 23.8 Å². The number of fused-ring (bicyclic) bond motifs is 1. The molecule has 0 saturated carbocycles. The minimum Gasteiger partial charge on any atom is -0.465 e. The standard InChI is InChI=1S/C33H46F2N6O5/c1-23(24-8-7-9-26(20-24)33(34,35)25-10-15-39(16-11-25)32(44)45)38-29-28-21-41(27-12-18-46-19-13-27)31(43)40(30(28)37-22-36-29)14-5-3-2-4-6-17-42/h7-9,20,22-23,25,27,42H,2-6,10-19,21H2,1H3,(H,44,45)(H,36,37,38)/t23-/m1/s1. The highest BCUT2D eigenvalue weighted by Crippen LogP contribution is 2.42. The van der Waals surface area contributed by atoms with Gasteiger partial charge in [-0.2, -0.15) is 0 Å². The van der Waals surface area contributed by atoms with Gasteiger partial charge in [-0.25, -0.2) is 28.3 Å². The molecule has 4 heterocycles. The summed E-state index contributed by atoms with van der Waals surface area (Å²) in [5, 5.41) is 21.7. The summed E-state index contributed by atoms with van der Waals surface area (Å²) in [6.07, 6.45) is 6.50. The van der Waals surface area contributed by atoms with E-state index in [2.05, 4.69) is 15.3 Å². The first-order chi connectivity index (χ1) is 22.2. The molecule has 2 aromatic rings. The van der Waals surface area contributed by atoms with E-state index >= 15 is 8.78 Å². The third-order valence-electron chi connectivity index (χ3n) is 9.56. The van der Waals surface area contributed by atoms with E-state index in [0.717, 1.165) is 50.5 Å². The number of piperidine rings is 1. The van der Waals surface area contributed by atoms with Crippen LogP contribution in [0.1, 0.15) is 87.4 Å². The molecule has 5 rings (SSSR count). The number of aliphatic hydroxyl groups is 1. The monoisotopic (exact) mass is 644 g/mol. The first kappa shape index (κ1) is 33.8. The van der Waals surface area contributed by atoms with Crippen molar-refractivity contribution < 1.29 is 33.3 Å². The maximum Gasteiger partial charge on any atom is 0.407 e. The molecule has 3 N–H and O–H groups in total. The number of rotatable bonds is 13. The van der Waals surface area contributed by atoms with Crippen LogP contribution in [0.25, 0.3) is 0 Å². The summed E-state index contributed by atoms with van der Waals surface area (Å²) < 4.78 is 36.9. The molecule has 1 aromatic heterocycles. The van der Waals surface area contributed by atoms with E-state index < -0.39 is 17.9 Å². The average Bonchev–Trinajstić information content (AvgIpc) is 3.07. The molecule has 11 nitrogen and oxygen atoms in total. The van der Waals surface area contributed by atoms with Crippen LogP contribution in [0.2, 0.25) is 0 Å². The van der Waals surface area contributed by atoms with Crippen molar-refractivity contribution in [3.63, 3.8) is 0 Å². The maximum absolute atomic E-state index is 15.7. The van der Waals surface area contributed by atoms with Crippen LogP contribution in [-0.2, 0) is 17.2 Å². The van der Waals surface area contributed by atoms with E-state index in [0.29, 0.717) is 43.5 Å². The van der Waals surface area contributed by atoms with Gasteiger partial charge in [0.05, 0.1) is 12.1 Å². The van der Waals surface area contributed by atoms with E-state index in [-0.39, 0.29) is 56.2 Å². The zero-order chi connectivity index (χ0) is 32.7. The van der Waals surface area contributed by atoms with Gasteiger partial charge in [0.15, 0.2) is 0 Å². The van der Waals surface area contributed by atoms with Crippen molar-refractivity contribution in [2.45, 2.75) is 89.3 Å². The predicted molar refractivity (Wildman–Crippen MR) is 169 cm³/mol. The number of hydrogen-bond donors (Lipinski definition) is 3. The molecule has 46 heavy (non-hydrogen) atoms. The quantitative estimate of drug-likeness (QED) is 0.227. The number of hydrogen-bond acceptors (Lipinski definition) is 7. The van der Waals surface area contributed by atoms with Gasteiger partial charge in [0.2, 0.25) is 0 Å². The van der Waals surface area contributed by atoms with Crippen molar-refractivity contribution in [3.05, 3.63) is 47.3 Å². The number of ether oxygens (including phenoxy) is 1. The number of alkyl halides is 2. The highest BCUT2D eigenvalue weighted by molar-refractivity contribution is 5.94. The Morgan fingerprint density at radius 2 is 1.80 bits per heavy atom. The second-order valence-corrected chi connectivity index (χ2v) is 12.6. The fourth-order valence-corrected chi connectivity index (χ4v) is 6.76. The average molecular weight is 645 g/mol. The van der Waals surface area contributed by atoms with E-state index in [4.69, 9.17) is 9.84 Å². The van der Waals surface area contributed by atoms with Gasteiger partial charge in [-0.1, -0.05) is 37.5 Å². The van der Waals surface area contributed by atoms with E-state index in [1.807, 2.05) is 11.8 Å². The number of aliphatic hydroxyl groups excluding tert-OH is 1. The third kappa shape index (κ3) is 7.68. The summed E-state index contributed by atoms with van der Waals surface area (Å²) in [4.78, 5) is 39.0. The number of anilines is 2. The van der Waals surface area contributed by atoms with Crippen molar-refractivity contribution in [2.75, 3.05) is 49.7 Å². The number of amides is 3. The number of carbonyl (C=O) groups excluding carboxylic acids is 1. The predicted octanol–water partition coefficient (Wildman–Crippen LogP) is 6.00. The van der Waals surface area contributed by atoms with Gasteiger partial charge in [-0.3, -0.25) is 4.90 Å². The fraction of sp³-hybridized carbons (Fsp3) is 0.636. The molecule has 2 saturated heterocycles. The fourth-order valence-electron chi connectivity index (χ4n) is 6.76. The van der Waals surface area contributed by atoms with Gasteiger partial charge in [0.25, 0.3) is 5.92 Å². The van der Waals surface area contributed by atoms with Crippen LogP contribution < -0.4 is 10.2 Å². The summed E-state index contributed by atoms with van der Waals surface area (Å²) in [6.45, 7) is 4.32. The normalized spacial score (nSPS) is 18.9. The smallest absolute Gasteiger partial charge is 0.407 e. The second kappa shape index (κ2) is 15.3. The maximum atomic E-state index is 15.7. The van der Waals surface area contributed by atoms with Crippen molar-refractivity contribution in [3.8, 4) is 0 Å². The Hall–Kier alpha value is -3.58. The summed E-state index contributed by atoms with van der Waals surface area (Å²) in [7, 11) is 0. The Balaban J connectivity index is 1.34. The Morgan fingerprint density at radius 1 is 1.09 bits per heavy atom. The number of aromatic nitrogens is 2. The SMILES string of the molecule is C[C@@H](Nc1ncnc2c1CN(C1CCOCC1)C(=O)N2CCCCCCCO)c1cccc(C(F)(F)C2CCN(C(=O)O)CC2)c1. The lowest BCUT2D eigenvalue weighted by Gasteiger charge is -2.42. The highest BCUT2D eigenvalue weighted by atomic mass is 19.3. The molecular weight excluding hydrogens is 598 g/mol. The molecule has 0 radical (unpaired) electrons. The van der Waals surface area contributed by atoms with Crippen LogP contribution in [0, 0.1) is 5.92 Å². The lowest BCUT2D eigenvalue weighted by molar-refractivity contribution is -0.0836. The summed E-state index contributed by atoms with van der Waals surface area (Å²) >= 11 is 0. The van der Waals surface area contributed by atoms with Gasteiger partial charge in [0.1, 0.15) is 18.0 Å². The number of likely N-dealkylation sites (tertiary alicyclic amines) is 1. The first-order valence-electron chi connectivity index (χ1n) is 16.5. The number of urea groups is 1. The molecule has 3 amide bonds. The number of nitrogens with zero attached hydrogens (tertiary/aromatic N) is 5. The Kier molecular flexibility index (Phi) is 11.3. The number of halogens is 2. The van der Waals surface area contributed by atoms with E-state index in [1.54, 1.807) is 17.0 Å². The van der Waals surface area contributed by atoms with E-state index in [9.17, 15) is 14.7 Å². The summed E-state index contributed by atoms with van der Waals surface area (Å²) in [5.74, 6) is -2.91. The van der Waals surface area contributed by atoms with Crippen molar-refractivity contribution in [1.82, 2.24) is 19.8 Å². The zero-order valence-corrected chi connectivity index (χ0v) is 26.5. The Morgan fingerprint density at radius 3 is 2.52 bits per heavy atom. The Labute approximate surface area is 268 Å². The van der Waals surface area contributed by atoms with Gasteiger partial charge >= 0.3 is 12.1 Å². The van der Waals surface area contributed by atoms with Gasteiger partial charge in [-0.05, 0) is 57.1 Å². The number of carbonyl (C=O) groups is 2. The minimum atomic E-state index is -3.10. The van der Waals surface area contributed by atoms with Gasteiger partial charge in [0, 0.05) is 63.0 Å². The molecule has 3 aliphatic rings. The van der Waals surface area contributed by atoms with Crippen molar-refractivity contribution in [1.29, 1.82) is 0 Å². The summed E-state index contributed by atoms with van der Waals surface area (Å²) in [5.41, 5.74) is 1.38. The largest absolute Gasteiger partial charge is 0.465 e. The number of nitrogens with one attached hydrogen (secondary N) is 1. The number of carboxylic acid groups (broad SMARTS) is 1. The van der Waals surface area contributed by atoms with Crippen LogP contribution >= 0.6 is 0 Å². The number of unbranched alkanes of at least 4 members (excludes halogenated alkanes) is 4. The summed E-state index contributed by atoms with van der Waals surface area (Å²) in [6, 6.07) is 5.98. The van der Waals surface area contributed by atoms with Crippen LogP contribution in [-0.4, -0.2) is 87.6 Å². The molecule has 0 aliphatic carbocycles. The lowest BCUT2D eigenvalue weighted by Crippen LogP contribution is -2.53. The van der Waals surface area contributed by atoms with E-state index in [1.165, 1.54) is 23.4 Å². The second-order valence-electron chi connectivity index (χ2n) is 12.6. The minimum absolute atomic E-state index is 0.0354. The van der Waals surface area contributed by atoms with Gasteiger partial charge < -0.3 is 30.1 Å². The highest BCUT2D eigenvalue weighted by Gasteiger charge is 2.43.